The third kappa shape index (κ3) is 1.09. The Hall–Kier alpha value is -0.870. The maximum Gasteiger partial charge on any atom is 0.156 e. The molecule has 3 rings (SSSR count). The van der Waals surface area contributed by atoms with Crippen molar-refractivity contribution in [2.24, 2.45) is 0 Å². The normalized spacial score (nSPS) is 27.3. The first-order chi connectivity index (χ1) is 6.36. The average molecular weight is 180 g/mol. The van der Waals surface area contributed by atoms with Crippen molar-refractivity contribution in [3.8, 4) is 0 Å². The number of β-amino-alcohol motifs (C(OH)–C–C–N with tert-alkyl or cyclic N) is 1. The molecular weight excluding hydrogens is 168 g/mol. The van der Waals surface area contributed by atoms with Crippen LogP contribution in [0.4, 0.5) is 0 Å². The van der Waals surface area contributed by atoms with Crippen LogP contribution in [-0.2, 0) is 6.54 Å². The molecule has 70 valence electrons. The third-order valence-electron chi connectivity index (χ3n) is 2.75. The smallest absolute Gasteiger partial charge is 0.156 e. The van der Waals surface area contributed by atoms with Crippen LogP contribution < -0.4 is 5.32 Å². The number of hydrogen-bond acceptors (Lipinski definition) is 4. The summed E-state index contributed by atoms with van der Waals surface area (Å²) in [6.45, 7) is 1.32. The molecule has 0 aromatic carbocycles. The Bertz CT molecular complexity index is 330. The number of nitrogens with one attached hydrogen (secondary N) is 1. The van der Waals surface area contributed by atoms with Gasteiger partial charge in [0.25, 0.3) is 0 Å². The molecule has 0 radical (unpaired) electrons. The second-order valence-corrected chi connectivity index (χ2v) is 3.83. The summed E-state index contributed by atoms with van der Waals surface area (Å²) in [6.07, 6.45) is 1.96. The van der Waals surface area contributed by atoms with Crippen LogP contribution in [0, 0.1) is 0 Å². The summed E-state index contributed by atoms with van der Waals surface area (Å²) in [4.78, 5) is 0. The van der Waals surface area contributed by atoms with Crippen LogP contribution in [0.15, 0.2) is 4.52 Å². The summed E-state index contributed by atoms with van der Waals surface area (Å²) < 4.78 is 5.19. The highest BCUT2D eigenvalue weighted by Gasteiger charge is 2.35. The fourth-order valence-electron chi connectivity index (χ4n) is 1.91. The zero-order valence-electron chi connectivity index (χ0n) is 7.29. The molecule has 0 spiro atoms. The SMILES string of the molecule is OC1CNCc2onc(C3CC3)c21. The molecule has 4 heteroatoms. The van der Waals surface area contributed by atoms with Gasteiger partial charge in [0.2, 0.25) is 0 Å². The van der Waals surface area contributed by atoms with Gasteiger partial charge in [-0.1, -0.05) is 5.16 Å². The number of hydrogen-bond donors (Lipinski definition) is 2. The Morgan fingerprint density at radius 2 is 2.31 bits per heavy atom. The van der Waals surface area contributed by atoms with Gasteiger partial charge in [-0.25, -0.2) is 0 Å². The van der Waals surface area contributed by atoms with Gasteiger partial charge < -0.3 is 14.9 Å². The summed E-state index contributed by atoms with van der Waals surface area (Å²) in [5.74, 6) is 1.38. The molecule has 1 aliphatic carbocycles. The van der Waals surface area contributed by atoms with Gasteiger partial charge in [-0.05, 0) is 12.8 Å². The molecule has 13 heavy (non-hydrogen) atoms. The van der Waals surface area contributed by atoms with Crippen molar-refractivity contribution >= 4 is 0 Å². The van der Waals surface area contributed by atoms with Gasteiger partial charge in [0.1, 0.15) is 0 Å². The highest BCUT2D eigenvalue weighted by molar-refractivity contribution is 5.32. The molecule has 1 aromatic rings. The third-order valence-corrected chi connectivity index (χ3v) is 2.75. The number of aromatic nitrogens is 1. The Morgan fingerprint density at radius 1 is 1.46 bits per heavy atom. The maximum atomic E-state index is 9.75. The Morgan fingerprint density at radius 3 is 3.08 bits per heavy atom. The number of aliphatic hydroxyl groups is 1. The molecule has 1 saturated carbocycles. The predicted octanol–water partition coefficient (Wildman–Crippen LogP) is 0.689. The van der Waals surface area contributed by atoms with Crippen LogP contribution in [0.1, 0.15) is 41.9 Å². The predicted molar refractivity (Wildman–Crippen MR) is 45.1 cm³/mol. The molecule has 1 unspecified atom stereocenters. The minimum absolute atomic E-state index is 0.425. The second kappa shape index (κ2) is 2.56. The van der Waals surface area contributed by atoms with Gasteiger partial charge in [-0.2, -0.15) is 0 Å². The molecule has 4 nitrogen and oxygen atoms in total. The molecule has 2 N–H and O–H groups in total. The van der Waals surface area contributed by atoms with Crippen LogP contribution in [0.5, 0.6) is 0 Å². The van der Waals surface area contributed by atoms with E-state index in [2.05, 4.69) is 10.5 Å². The summed E-state index contributed by atoms with van der Waals surface area (Å²) in [6, 6.07) is 0. The highest BCUT2D eigenvalue weighted by Crippen LogP contribution is 2.43. The zero-order valence-corrected chi connectivity index (χ0v) is 7.29. The first-order valence-corrected chi connectivity index (χ1v) is 4.73. The van der Waals surface area contributed by atoms with Crippen LogP contribution in [0.2, 0.25) is 0 Å². The molecule has 1 fully saturated rings. The molecule has 2 heterocycles. The highest BCUT2D eigenvalue weighted by atomic mass is 16.5. The van der Waals surface area contributed by atoms with Crippen LogP contribution in [0.25, 0.3) is 0 Å². The van der Waals surface area contributed by atoms with Crippen molar-refractivity contribution in [2.45, 2.75) is 31.4 Å². The van der Waals surface area contributed by atoms with E-state index >= 15 is 0 Å². The molecule has 1 aliphatic heterocycles. The number of aliphatic hydroxyl groups excluding tert-OH is 1. The first kappa shape index (κ1) is 7.53. The standard InChI is InChI=1S/C9H12N2O2/c12-6-3-10-4-7-8(6)9(11-13-7)5-1-2-5/h5-6,10,12H,1-4H2. The van der Waals surface area contributed by atoms with Crippen molar-refractivity contribution in [3.63, 3.8) is 0 Å². The molecule has 2 aliphatic rings. The van der Waals surface area contributed by atoms with Crippen molar-refractivity contribution < 1.29 is 9.63 Å². The van der Waals surface area contributed by atoms with E-state index in [0.29, 0.717) is 19.0 Å². The van der Waals surface area contributed by atoms with E-state index < -0.39 is 6.10 Å². The van der Waals surface area contributed by atoms with E-state index in [4.69, 9.17) is 4.52 Å². The van der Waals surface area contributed by atoms with Gasteiger partial charge in [-0.3, -0.25) is 0 Å². The van der Waals surface area contributed by atoms with E-state index in [9.17, 15) is 5.11 Å². The lowest BCUT2D eigenvalue weighted by atomic mass is 10.0. The summed E-state index contributed by atoms with van der Waals surface area (Å²) in [7, 11) is 0. The van der Waals surface area contributed by atoms with E-state index in [1.54, 1.807) is 0 Å². The van der Waals surface area contributed by atoms with Crippen LogP contribution in [-0.4, -0.2) is 16.8 Å². The topological polar surface area (TPSA) is 58.3 Å². The zero-order chi connectivity index (χ0) is 8.84. The lowest BCUT2D eigenvalue weighted by Gasteiger charge is -2.17. The minimum atomic E-state index is -0.425. The Labute approximate surface area is 75.9 Å². The summed E-state index contributed by atoms with van der Waals surface area (Å²) >= 11 is 0. The van der Waals surface area contributed by atoms with Crippen molar-refractivity contribution in [1.82, 2.24) is 10.5 Å². The van der Waals surface area contributed by atoms with Crippen LogP contribution >= 0.6 is 0 Å². The number of nitrogens with zero attached hydrogens (tertiary/aromatic N) is 1. The summed E-state index contributed by atoms with van der Waals surface area (Å²) in [5, 5.41) is 16.9. The number of rotatable bonds is 1. The largest absolute Gasteiger partial charge is 0.387 e. The van der Waals surface area contributed by atoms with E-state index in [0.717, 1.165) is 17.0 Å². The molecule has 0 saturated heterocycles. The molecular formula is C9H12N2O2. The van der Waals surface area contributed by atoms with Gasteiger partial charge in [-0.15, -0.1) is 0 Å². The minimum Gasteiger partial charge on any atom is -0.387 e. The average Bonchev–Trinajstić information content (AvgIpc) is 2.87. The lowest BCUT2D eigenvalue weighted by Crippen LogP contribution is -2.27. The molecule has 1 atom stereocenters. The van der Waals surface area contributed by atoms with Crippen molar-refractivity contribution in [2.75, 3.05) is 6.54 Å². The Balaban J connectivity index is 2.06. The van der Waals surface area contributed by atoms with Crippen LogP contribution in [0.3, 0.4) is 0 Å². The molecule has 0 bridgehead atoms. The molecule has 0 amide bonds. The van der Waals surface area contributed by atoms with Gasteiger partial charge in [0, 0.05) is 18.0 Å². The summed E-state index contributed by atoms with van der Waals surface area (Å²) in [5.41, 5.74) is 1.96. The first-order valence-electron chi connectivity index (χ1n) is 4.73. The van der Waals surface area contributed by atoms with Gasteiger partial charge >= 0.3 is 0 Å². The second-order valence-electron chi connectivity index (χ2n) is 3.83. The fourth-order valence-corrected chi connectivity index (χ4v) is 1.91. The quantitative estimate of drug-likeness (QED) is 0.667. The number of fused-ring (bicyclic) bond motifs is 1. The maximum absolute atomic E-state index is 9.75. The van der Waals surface area contributed by atoms with E-state index in [-0.39, 0.29) is 0 Å². The van der Waals surface area contributed by atoms with Crippen molar-refractivity contribution in [3.05, 3.63) is 17.0 Å². The Kier molecular flexibility index (Phi) is 1.48. The fraction of sp³-hybridized carbons (Fsp3) is 0.667. The monoisotopic (exact) mass is 180 g/mol. The van der Waals surface area contributed by atoms with Crippen molar-refractivity contribution in [1.29, 1.82) is 0 Å². The van der Waals surface area contributed by atoms with Gasteiger partial charge in [0.15, 0.2) is 5.76 Å². The van der Waals surface area contributed by atoms with Gasteiger partial charge in [0.05, 0.1) is 18.3 Å². The lowest BCUT2D eigenvalue weighted by molar-refractivity contribution is 0.159. The van der Waals surface area contributed by atoms with E-state index in [1.165, 1.54) is 12.8 Å². The molecule has 1 aromatic heterocycles. The van der Waals surface area contributed by atoms with E-state index in [1.807, 2.05) is 0 Å².